The molecule has 0 saturated heterocycles. The van der Waals surface area contributed by atoms with Crippen LogP contribution >= 0.6 is 23.2 Å². The van der Waals surface area contributed by atoms with Gasteiger partial charge in [-0.3, -0.25) is 0 Å². The van der Waals surface area contributed by atoms with Crippen LogP contribution in [-0.2, 0) is 13.2 Å². The van der Waals surface area contributed by atoms with E-state index in [1.807, 2.05) is 19.2 Å². The van der Waals surface area contributed by atoms with Gasteiger partial charge < -0.3 is 10.1 Å². The third-order valence-corrected chi connectivity index (χ3v) is 3.43. The second-order valence-electron chi connectivity index (χ2n) is 4.32. The summed E-state index contributed by atoms with van der Waals surface area (Å²) in [5.41, 5.74) is 1.65. The van der Waals surface area contributed by atoms with E-state index in [-0.39, 0.29) is 12.4 Å². The van der Waals surface area contributed by atoms with Crippen molar-refractivity contribution in [2.45, 2.75) is 13.2 Å². The van der Waals surface area contributed by atoms with E-state index in [0.29, 0.717) is 21.4 Å². The summed E-state index contributed by atoms with van der Waals surface area (Å²) in [6, 6.07) is 9.72. The Bertz CT molecular complexity index is 604. The minimum atomic E-state index is -0.344. The van der Waals surface area contributed by atoms with Crippen LogP contribution in [0.2, 0.25) is 10.0 Å². The molecule has 5 heteroatoms. The lowest BCUT2D eigenvalue weighted by Gasteiger charge is -2.10. The number of ether oxygens (including phenoxy) is 1. The van der Waals surface area contributed by atoms with Crippen LogP contribution in [0.4, 0.5) is 4.39 Å². The summed E-state index contributed by atoms with van der Waals surface area (Å²) in [6.45, 7) is 0.900. The van der Waals surface area contributed by atoms with Crippen molar-refractivity contribution in [1.82, 2.24) is 5.32 Å². The van der Waals surface area contributed by atoms with E-state index < -0.39 is 0 Å². The van der Waals surface area contributed by atoms with Crippen LogP contribution in [0.15, 0.2) is 36.4 Å². The van der Waals surface area contributed by atoms with Gasteiger partial charge in [0, 0.05) is 17.1 Å². The Morgan fingerprint density at radius 2 is 1.90 bits per heavy atom. The maximum Gasteiger partial charge on any atom is 0.138 e. The van der Waals surface area contributed by atoms with Crippen molar-refractivity contribution in [3.8, 4) is 5.75 Å². The number of benzene rings is 2. The minimum absolute atomic E-state index is 0.168. The number of hydrogen-bond acceptors (Lipinski definition) is 2. The van der Waals surface area contributed by atoms with Crippen molar-refractivity contribution in [1.29, 1.82) is 0 Å². The third-order valence-electron chi connectivity index (χ3n) is 2.77. The van der Waals surface area contributed by atoms with Gasteiger partial charge in [-0.25, -0.2) is 4.39 Å². The lowest BCUT2D eigenvalue weighted by atomic mass is 10.2. The van der Waals surface area contributed by atoms with E-state index in [4.69, 9.17) is 27.9 Å². The SMILES string of the molecule is CNCc1ccc(OCc2cc(F)ccc2Cl)c(Cl)c1. The van der Waals surface area contributed by atoms with Crippen molar-refractivity contribution >= 4 is 23.2 Å². The van der Waals surface area contributed by atoms with Crippen molar-refractivity contribution in [3.63, 3.8) is 0 Å². The first-order valence-electron chi connectivity index (χ1n) is 6.10. The molecule has 0 fully saturated rings. The average Bonchev–Trinajstić information content (AvgIpc) is 2.42. The highest BCUT2D eigenvalue weighted by molar-refractivity contribution is 6.32. The largest absolute Gasteiger partial charge is 0.487 e. The van der Waals surface area contributed by atoms with Gasteiger partial charge in [-0.2, -0.15) is 0 Å². The van der Waals surface area contributed by atoms with Gasteiger partial charge in [-0.1, -0.05) is 29.3 Å². The van der Waals surface area contributed by atoms with E-state index in [9.17, 15) is 4.39 Å². The van der Waals surface area contributed by atoms with Crippen LogP contribution < -0.4 is 10.1 Å². The van der Waals surface area contributed by atoms with Crippen molar-refractivity contribution in [2.24, 2.45) is 0 Å². The fourth-order valence-electron chi connectivity index (χ4n) is 1.78. The van der Waals surface area contributed by atoms with E-state index in [0.717, 1.165) is 12.1 Å². The maximum absolute atomic E-state index is 13.1. The summed E-state index contributed by atoms with van der Waals surface area (Å²) >= 11 is 12.1. The van der Waals surface area contributed by atoms with Gasteiger partial charge >= 0.3 is 0 Å². The Hall–Kier alpha value is -1.29. The average molecular weight is 314 g/mol. The first kappa shape index (κ1) is 15.1. The highest BCUT2D eigenvalue weighted by Crippen LogP contribution is 2.27. The summed E-state index contributed by atoms with van der Waals surface area (Å²) in [7, 11) is 1.87. The molecule has 0 aliphatic heterocycles. The number of rotatable bonds is 5. The monoisotopic (exact) mass is 313 g/mol. The molecule has 0 bridgehead atoms. The van der Waals surface area contributed by atoms with Gasteiger partial charge in [0.25, 0.3) is 0 Å². The molecule has 0 spiro atoms. The molecule has 106 valence electrons. The van der Waals surface area contributed by atoms with Gasteiger partial charge in [0.15, 0.2) is 0 Å². The van der Waals surface area contributed by atoms with Crippen LogP contribution in [0.1, 0.15) is 11.1 Å². The number of hydrogen-bond donors (Lipinski definition) is 1. The number of halogens is 3. The van der Waals surface area contributed by atoms with E-state index in [1.165, 1.54) is 18.2 Å². The zero-order valence-electron chi connectivity index (χ0n) is 10.9. The highest BCUT2D eigenvalue weighted by atomic mass is 35.5. The van der Waals surface area contributed by atoms with Crippen molar-refractivity contribution in [3.05, 3.63) is 63.4 Å². The van der Waals surface area contributed by atoms with Crippen LogP contribution in [-0.4, -0.2) is 7.05 Å². The highest BCUT2D eigenvalue weighted by Gasteiger charge is 2.06. The molecule has 2 aromatic carbocycles. The summed E-state index contributed by atoms with van der Waals surface area (Å²) in [5.74, 6) is 0.204. The lowest BCUT2D eigenvalue weighted by Crippen LogP contribution is -2.05. The molecular weight excluding hydrogens is 300 g/mol. The quantitative estimate of drug-likeness (QED) is 0.881. The maximum atomic E-state index is 13.1. The molecule has 2 rings (SSSR count). The molecular formula is C15H14Cl2FNO. The molecule has 0 heterocycles. The summed E-state index contributed by atoms with van der Waals surface area (Å²) in [5, 5.41) is 4.03. The van der Waals surface area contributed by atoms with Crippen molar-refractivity contribution < 1.29 is 9.13 Å². The second-order valence-corrected chi connectivity index (χ2v) is 5.13. The lowest BCUT2D eigenvalue weighted by molar-refractivity contribution is 0.306. The van der Waals surface area contributed by atoms with Crippen LogP contribution in [0.3, 0.4) is 0 Å². The standard InChI is InChI=1S/C15H14Cl2FNO/c1-19-8-10-2-5-15(14(17)6-10)20-9-11-7-12(18)3-4-13(11)16/h2-7,19H,8-9H2,1H3. The van der Waals surface area contributed by atoms with Crippen molar-refractivity contribution in [2.75, 3.05) is 7.05 Å². The molecule has 0 radical (unpaired) electrons. The first-order chi connectivity index (χ1) is 9.60. The molecule has 0 unspecified atom stereocenters. The molecule has 0 aromatic heterocycles. The molecule has 0 amide bonds. The Labute approximate surface area is 127 Å². The molecule has 2 nitrogen and oxygen atoms in total. The topological polar surface area (TPSA) is 21.3 Å². The molecule has 2 aromatic rings. The molecule has 0 aliphatic rings. The van der Waals surface area contributed by atoms with Gasteiger partial charge in [0.05, 0.1) is 5.02 Å². The first-order valence-corrected chi connectivity index (χ1v) is 6.85. The Morgan fingerprint density at radius 1 is 1.10 bits per heavy atom. The van der Waals surface area contributed by atoms with Gasteiger partial charge in [0.2, 0.25) is 0 Å². The Morgan fingerprint density at radius 3 is 2.60 bits per heavy atom. The predicted molar refractivity (Wildman–Crippen MR) is 80.0 cm³/mol. The molecule has 20 heavy (non-hydrogen) atoms. The Kier molecular flexibility index (Phi) is 5.24. The summed E-state index contributed by atoms with van der Waals surface area (Å²) in [6.07, 6.45) is 0. The van der Waals surface area contributed by atoms with E-state index >= 15 is 0 Å². The smallest absolute Gasteiger partial charge is 0.138 e. The van der Waals surface area contributed by atoms with Crippen LogP contribution in [0.5, 0.6) is 5.75 Å². The second kappa shape index (κ2) is 6.93. The summed E-state index contributed by atoms with van der Waals surface area (Å²) < 4.78 is 18.7. The van der Waals surface area contributed by atoms with Gasteiger partial charge in [0.1, 0.15) is 18.2 Å². The van der Waals surface area contributed by atoms with E-state index in [2.05, 4.69) is 5.32 Å². The third kappa shape index (κ3) is 3.85. The molecule has 0 saturated carbocycles. The van der Waals surface area contributed by atoms with Crippen LogP contribution in [0.25, 0.3) is 0 Å². The molecule has 0 atom stereocenters. The fraction of sp³-hybridized carbons (Fsp3) is 0.200. The Balaban J connectivity index is 2.09. The van der Waals surface area contributed by atoms with E-state index in [1.54, 1.807) is 6.07 Å². The predicted octanol–water partition coefficient (Wildman–Crippen LogP) is 4.43. The van der Waals surface area contributed by atoms with Gasteiger partial charge in [-0.15, -0.1) is 0 Å². The zero-order valence-corrected chi connectivity index (χ0v) is 12.4. The van der Waals surface area contributed by atoms with Crippen LogP contribution in [0, 0.1) is 5.82 Å². The molecule has 1 N–H and O–H groups in total. The minimum Gasteiger partial charge on any atom is -0.487 e. The number of nitrogens with one attached hydrogen (secondary N) is 1. The van der Waals surface area contributed by atoms with Gasteiger partial charge in [-0.05, 0) is 42.9 Å². The zero-order chi connectivity index (χ0) is 14.5. The fourth-order valence-corrected chi connectivity index (χ4v) is 2.21. The molecule has 0 aliphatic carbocycles. The summed E-state index contributed by atoms with van der Waals surface area (Å²) in [4.78, 5) is 0. The normalized spacial score (nSPS) is 10.6.